The molecule has 1 heterocycles. The van der Waals surface area contributed by atoms with E-state index in [4.69, 9.17) is 17.3 Å². The summed E-state index contributed by atoms with van der Waals surface area (Å²) in [7, 11) is -3.72. The number of fused-ring (bicyclic) bond motifs is 1. The van der Waals surface area contributed by atoms with E-state index < -0.39 is 15.8 Å². The molecular weight excluding hydrogens is 315 g/mol. The van der Waals surface area contributed by atoms with Crippen molar-refractivity contribution in [3.05, 3.63) is 23.0 Å². The van der Waals surface area contributed by atoms with E-state index in [0.717, 1.165) is 37.8 Å². The van der Waals surface area contributed by atoms with Crippen molar-refractivity contribution in [1.29, 1.82) is 0 Å². The van der Waals surface area contributed by atoms with E-state index in [1.807, 2.05) is 0 Å². The van der Waals surface area contributed by atoms with Crippen molar-refractivity contribution in [3.8, 4) is 0 Å². The molecule has 1 aliphatic carbocycles. The third kappa shape index (κ3) is 2.53. The molecular formula is C14H18ClFN2O2S. The van der Waals surface area contributed by atoms with Gasteiger partial charge in [-0.2, -0.15) is 4.31 Å². The number of benzene rings is 1. The zero-order chi connectivity index (χ0) is 15.2. The minimum Gasteiger partial charge on any atom is -0.396 e. The summed E-state index contributed by atoms with van der Waals surface area (Å²) in [4.78, 5) is -0.0886. The van der Waals surface area contributed by atoms with Crippen LogP contribution in [0.25, 0.3) is 0 Å². The predicted octanol–water partition coefficient (Wildman–Crippen LogP) is 3.01. The summed E-state index contributed by atoms with van der Waals surface area (Å²) in [6, 6.07) is 2.15. The summed E-state index contributed by atoms with van der Waals surface area (Å²) in [5, 5.41) is -0.110. The maximum atomic E-state index is 13.4. The lowest BCUT2D eigenvalue weighted by atomic mass is 9.86. The number of anilines is 1. The molecule has 3 rings (SSSR count). The molecule has 2 aliphatic rings. The van der Waals surface area contributed by atoms with E-state index in [0.29, 0.717) is 12.5 Å². The Morgan fingerprint density at radius 1 is 1.24 bits per heavy atom. The van der Waals surface area contributed by atoms with Crippen LogP contribution in [0.5, 0.6) is 0 Å². The fraction of sp³-hybridized carbons (Fsp3) is 0.571. The van der Waals surface area contributed by atoms with E-state index in [1.54, 1.807) is 0 Å². The topological polar surface area (TPSA) is 63.4 Å². The van der Waals surface area contributed by atoms with Crippen molar-refractivity contribution in [3.63, 3.8) is 0 Å². The summed E-state index contributed by atoms with van der Waals surface area (Å²) < 4.78 is 40.6. The summed E-state index contributed by atoms with van der Waals surface area (Å²) in [5.41, 5.74) is 5.30. The fourth-order valence-corrected chi connectivity index (χ4v) is 5.79. The average Bonchev–Trinajstić information content (AvgIpc) is 2.87. The van der Waals surface area contributed by atoms with Gasteiger partial charge in [-0.05, 0) is 37.3 Å². The van der Waals surface area contributed by atoms with E-state index in [2.05, 4.69) is 0 Å². The third-order valence-corrected chi connectivity index (χ3v) is 6.99. The van der Waals surface area contributed by atoms with Gasteiger partial charge in [0.1, 0.15) is 10.7 Å². The first-order valence-corrected chi connectivity index (χ1v) is 8.99. The number of sulfonamides is 1. The normalized spacial score (nSPS) is 26.8. The minimum absolute atomic E-state index is 0.0473. The average molecular weight is 333 g/mol. The van der Waals surface area contributed by atoms with Gasteiger partial charge in [-0.3, -0.25) is 0 Å². The van der Waals surface area contributed by atoms with Gasteiger partial charge >= 0.3 is 0 Å². The molecule has 1 aromatic carbocycles. The Morgan fingerprint density at radius 2 is 1.95 bits per heavy atom. The number of nitrogens with zero attached hydrogens (tertiary/aromatic N) is 1. The van der Waals surface area contributed by atoms with Crippen LogP contribution in [0.2, 0.25) is 5.02 Å². The van der Waals surface area contributed by atoms with E-state index >= 15 is 0 Å². The van der Waals surface area contributed by atoms with Crippen molar-refractivity contribution >= 4 is 27.3 Å². The number of halogens is 2. The summed E-state index contributed by atoms with van der Waals surface area (Å²) in [5.74, 6) is -0.263. The zero-order valence-electron chi connectivity index (χ0n) is 11.6. The lowest BCUT2D eigenvalue weighted by Gasteiger charge is -2.31. The maximum absolute atomic E-state index is 13.4. The Morgan fingerprint density at radius 3 is 2.71 bits per heavy atom. The molecule has 0 spiro atoms. The Hall–Kier alpha value is -0.850. The lowest BCUT2D eigenvalue weighted by molar-refractivity contribution is 0.260. The lowest BCUT2D eigenvalue weighted by Crippen LogP contribution is -2.39. The monoisotopic (exact) mass is 332 g/mol. The first-order chi connectivity index (χ1) is 9.91. The van der Waals surface area contributed by atoms with Gasteiger partial charge in [0.2, 0.25) is 10.0 Å². The maximum Gasteiger partial charge on any atom is 0.244 e. The molecule has 0 radical (unpaired) electrons. The van der Waals surface area contributed by atoms with Crippen LogP contribution < -0.4 is 5.73 Å². The quantitative estimate of drug-likeness (QED) is 0.847. The highest BCUT2D eigenvalue weighted by Crippen LogP contribution is 2.40. The highest BCUT2D eigenvalue weighted by molar-refractivity contribution is 7.89. The van der Waals surface area contributed by atoms with E-state index in [-0.39, 0.29) is 21.6 Å². The second-order valence-corrected chi connectivity index (χ2v) is 8.09. The van der Waals surface area contributed by atoms with Gasteiger partial charge in [-0.1, -0.05) is 24.4 Å². The minimum atomic E-state index is -3.72. The molecule has 1 aromatic rings. The zero-order valence-corrected chi connectivity index (χ0v) is 13.1. The van der Waals surface area contributed by atoms with Crippen molar-refractivity contribution in [2.75, 3.05) is 12.3 Å². The molecule has 1 aliphatic heterocycles. The van der Waals surface area contributed by atoms with E-state index in [9.17, 15) is 12.8 Å². The summed E-state index contributed by atoms with van der Waals surface area (Å²) in [6.45, 7) is 0.505. The van der Waals surface area contributed by atoms with Gasteiger partial charge < -0.3 is 5.73 Å². The number of hydrogen-bond donors (Lipinski definition) is 1. The fourth-order valence-electron chi connectivity index (χ4n) is 3.53. The van der Waals surface area contributed by atoms with Crippen LogP contribution in [-0.2, 0) is 10.0 Å². The van der Waals surface area contributed by atoms with Crippen molar-refractivity contribution in [2.24, 2.45) is 5.92 Å². The molecule has 0 amide bonds. The highest BCUT2D eigenvalue weighted by Gasteiger charge is 2.43. The molecule has 2 N–H and O–H groups in total. The Labute approximate surface area is 129 Å². The molecule has 7 heteroatoms. The van der Waals surface area contributed by atoms with Gasteiger partial charge in [0.25, 0.3) is 0 Å². The SMILES string of the molecule is Nc1cc(S(=O)(=O)N2CCC3CCCCC32)c(Cl)cc1F. The van der Waals surface area contributed by atoms with Crippen LogP contribution in [0.15, 0.2) is 17.0 Å². The summed E-state index contributed by atoms with van der Waals surface area (Å²) in [6.07, 6.45) is 5.07. The van der Waals surface area contributed by atoms with Gasteiger partial charge in [-0.15, -0.1) is 0 Å². The highest BCUT2D eigenvalue weighted by atomic mass is 35.5. The van der Waals surface area contributed by atoms with Crippen molar-refractivity contribution in [2.45, 2.75) is 43.0 Å². The number of nitrogens with two attached hydrogens (primary N) is 1. The number of nitrogen functional groups attached to an aromatic ring is 1. The molecule has 0 aromatic heterocycles. The first-order valence-electron chi connectivity index (χ1n) is 7.17. The first kappa shape index (κ1) is 15.1. The number of hydrogen-bond acceptors (Lipinski definition) is 3. The van der Waals surface area contributed by atoms with E-state index in [1.165, 1.54) is 10.7 Å². The van der Waals surface area contributed by atoms with Crippen LogP contribution in [0.1, 0.15) is 32.1 Å². The van der Waals surface area contributed by atoms with Gasteiger partial charge in [0.05, 0.1) is 10.7 Å². The molecule has 4 nitrogen and oxygen atoms in total. The Kier molecular flexibility index (Phi) is 3.88. The molecule has 2 unspecified atom stereocenters. The standard InChI is InChI=1S/C14H18ClFN2O2S/c15-10-7-11(16)12(17)8-14(10)21(19,20)18-6-5-9-3-1-2-4-13(9)18/h7-9,13H,1-6,17H2. The van der Waals surface area contributed by atoms with Crippen LogP contribution >= 0.6 is 11.6 Å². The molecule has 1 saturated carbocycles. The van der Waals surface area contributed by atoms with Crippen LogP contribution in [0, 0.1) is 11.7 Å². The smallest absolute Gasteiger partial charge is 0.244 e. The van der Waals surface area contributed by atoms with Crippen LogP contribution in [0.4, 0.5) is 10.1 Å². The Bertz CT molecular complexity index is 665. The van der Waals surface area contributed by atoms with Crippen molar-refractivity contribution in [1.82, 2.24) is 4.31 Å². The predicted molar refractivity (Wildman–Crippen MR) is 80.1 cm³/mol. The van der Waals surface area contributed by atoms with Crippen LogP contribution in [-0.4, -0.2) is 25.3 Å². The third-order valence-electron chi connectivity index (χ3n) is 4.60. The molecule has 0 bridgehead atoms. The van der Waals surface area contributed by atoms with Gasteiger partial charge in [0, 0.05) is 12.6 Å². The van der Waals surface area contributed by atoms with Gasteiger partial charge in [-0.25, -0.2) is 12.8 Å². The van der Waals surface area contributed by atoms with Crippen molar-refractivity contribution < 1.29 is 12.8 Å². The second-order valence-electron chi connectivity index (χ2n) is 5.82. The molecule has 2 fully saturated rings. The Balaban J connectivity index is 1.99. The molecule has 116 valence electrons. The molecule has 2 atom stereocenters. The molecule has 21 heavy (non-hydrogen) atoms. The number of rotatable bonds is 2. The molecule has 1 saturated heterocycles. The summed E-state index contributed by atoms with van der Waals surface area (Å²) >= 11 is 5.94. The second kappa shape index (κ2) is 5.41. The largest absolute Gasteiger partial charge is 0.396 e. The van der Waals surface area contributed by atoms with Crippen LogP contribution in [0.3, 0.4) is 0 Å². The van der Waals surface area contributed by atoms with Gasteiger partial charge in [0.15, 0.2) is 0 Å².